The van der Waals surface area contributed by atoms with E-state index in [2.05, 4.69) is 0 Å². The summed E-state index contributed by atoms with van der Waals surface area (Å²) in [5.41, 5.74) is 0.847. The Morgan fingerprint density at radius 2 is 1.86 bits per heavy atom. The van der Waals surface area contributed by atoms with Crippen molar-refractivity contribution in [3.63, 3.8) is 0 Å². The third kappa shape index (κ3) is 2.99. The van der Waals surface area contributed by atoms with Crippen molar-refractivity contribution >= 4 is 46.4 Å². The minimum absolute atomic E-state index is 0.257. The molecule has 1 aromatic rings. The van der Waals surface area contributed by atoms with Gasteiger partial charge in [0, 0.05) is 0 Å². The summed E-state index contributed by atoms with van der Waals surface area (Å²) in [6.07, 6.45) is 0. The fourth-order valence-corrected chi connectivity index (χ4v) is 19.4. The molecule has 74 valence electrons. The van der Waals surface area contributed by atoms with Gasteiger partial charge in [0.25, 0.3) is 0 Å². The molecule has 1 heterocycles. The number of carbonyl (C=O) groups excluding carboxylic acids is 1. The van der Waals surface area contributed by atoms with Crippen LogP contribution in [-0.2, 0) is 0 Å². The molecule has 1 aliphatic rings. The second-order valence-electron chi connectivity index (χ2n) is 2.63. The van der Waals surface area contributed by atoms with Crippen LogP contribution in [0, 0.1) is 0 Å². The Bertz CT molecular complexity index is 311. The summed E-state index contributed by atoms with van der Waals surface area (Å²) in [5.74, 6) is 2.47. The molecule has 0 saturated carbocycles. The molecule has 0 N–H and O–H groups in total. The van der Waals surface area contributed by atoms with Crippen molar-refractivity contribution in [1.82, 2.24) is 0 Å². The quantitative estimate of drug-likeness (QED) is 0.781. The Balaban J connectivity index is 1.95. The van der Waals surface area contributed by atoms with Crippen molar-refractivity contribution in [2.45, 2.75) is 0 Å². The summed E-state index contributed by atoms with van der Waals surface area (Å²) in [6, 6.07) is 9.58. The first-order chi connectivity index (χ1) is 6.86. The Kier molecular flexibility index (Phi) is 4.36. The van der Waals surface area contributed by atoms with Gasteiger partial charge >= 0.3 is 98.6 Å². The molecule has 0 bridgehead atoms. The van der Waals surface area contributed by atoms with Crippen molar-refractivity contribution in [3.05, 3.63) is 35.9 Å². The zero-order valence-electron chi connectivity index (χ0n) is 7.38. The van der Waals surface area contributed by atoms with Gasteiger partial charge in [-0.3, -0.25) is 0 Å². The normalized spacial score (nSPS) is 17.1. The van der Waals surface area contributed by atoms with E-state index in [0.717, 1.165) is 5.56 Å². The van der Waals surface area contributed by atoms with Gasteiger partial charge in [-0.1, -0.05) is 0 Å². The Labute approximate surface area is 98.0 Å². The third-order valence-corrected chi connectivity index (χ3v) is 19.5. The molecule has 0 unspecified atom stereocenters. The van der Waals surface area contributed by atoms with Crippen molar-refractivity contribution in [2.75, 3.05) is 11.5 Å². The molecule has 1 aliphatic heterocycles. The zero-order chi connectivity index (χ0) is 9.80. The molecule has 1 nitrogen and oxygen atoms in total. The molecular weight excluding hydrogens is 295 g/mol. The number of hydrogen-bond acceptors (Lipinski definition) is 4. The van der Waals surface area contributed by atoms with E-state index in [1.165, 1.54) is 11.5 Å². The molecule has 1 aromatic carbocycles. The van der Waals surface area contributed by atoms with Crippen LogP contribution < -0.4 is 0 Å². The molecule has 14 heavy (non-hydrogen) atoms. The maximum absolute atomic E-state index is 11.8. The molecule has 0 amide bonds. The maximum atomic E-state index is 11.8. The second-order valence-corrected chi connectivity index (χ2v) is 19.2. The van der Waals surface area contributed by atoms with Crippen LogP contribution in [0.2, 0.25) is 0 Å². The van der Waals surface area contributed by atoms with E-state index in [-0.39, 0.29) is 5.12 Å². The van der Waals surface area contributed by atoms with E-state index in [1.54, 1.807) is 10.0 Å². The fraction of sp³-hybridized carbons (Fsp3) is 0.222. The standard InChI is InChI=1S/C9H9AsOS3/c11-9(8-4-2-1-3-5-8)14-10-12-6-7-13-10/h1-5H,6-7H2. The van der Waals surface area contributed by atoms with Gasteiger partial charge in [0.2, 0.25) is 0 Å². The van der Waals surface area contributed by atoms with Crippen LogP contribution in [0.15, 0.2) is 30.3 Å². The summed E-state index contributed by atoms with van der Waals surface area (Å²) in [6.45, 7) is 0. The monoisotopic (exact) mass is 304 g/mol. The first kappa shape index (κ1) is 11.0. The van der Waals surface area contributed by atoms with Gasteiger partial charge in [0.15, 0.2) is 0 Å². The van der Waals surface area contributed by atoms with E-state index in [0.29, 0.717) is 0 Å². The molecule has 1 saturated heterocycles. The van der Waals surface area contributed by atoms with Crippen molar-refractivity contribution < 1.29 is 4.79 Å². The SMILES string of the molecule is O=C(S[As]1SCCS1)c1ccccc1. The first-order valence-corrected chi connectivity index (χ1v) is 13.7. The fourth-order valence-electron chi connectivity index (χ4n) is 1.01. The van der Waals surface area contributed by atoms with E-state index in [1.807, 2.05) is 50.4 Å². The topological polar surface area (TPSA) is 17.1 Å². The number of rotatable bonds is 2. The molecule has 2 rings (SSSR count). The van der Waals surface area contributed by atoms with Crippen molar-refractivity contribution in [3.8, 4) is 0 Å². The number of hydrogen-bond donors (Lipinski definition) is 0. The molecule has 1 fully saturated rings. The average molecular weight is 304 g/mol. The second kappa shape index (κ2) is 5.55. The van der Waals surface area contributed by atoms with Crippen LogP contribution in [0.5, 0.6) is 0 Å². The predicted molar refractivity (Wildman–Crippen MR) is 69.0 cm³/mol. The van der Waals surface area contributed by atoms with Crippen LogP contribution >= 0.6 is 30.1 Å². The van der Waals surface area contributed by atoms with E-state index in [4.69, 9.17) is 0 Å². The molecule has 0 aromatic heterocycles. The Hall–Kier alpha value is 0.498. The third-order valence-electron chi connectivity index (χ3n) is 1.64. The molecule has 0 spiro atoms. The van der Waals surface area contributed by atoms with Crippen LogP contribution in [0.3, 0.4) is 0 Å². The van der Waals surface area contributed by atoms with Crippen LogP contribution in [0.25, 0.3) is 0 Å². The minimum atomic E-state index is -0.974. The van der Waals surface area contributed by atoms with Crippen LogP contribution in [-0.4, -0.2) is 27.8 Å². The summed E-state index contributed by atoms with van der Waals surface area (Å²) in [4.78, 5) is 11.8. The number of benzene rings is 1. The van der Waals surface area contributed by atoms with Gasteiger partial charge in [-0.05, 0) is 0 Å². The van der Waals surface area contributed by atoms with Gasteiger partial charge in [0.1, 0.15) is 0 Å². The summed E-state index contributed by atoms with van der Waals surface area (Å²) in [7, 11) is 5.63. The molecular formula is C9H9AsOS3. The Morgan fingerprint density at radius 1 is 1.21 bits per heavy atom. The summed E-state index contributed by atoms with van der Waals surface area (Å²) >= 11 is -0.974. The van der Waals surface area contributed by atoms with Crippen LogP contribution in [0.4, 0.5) is 0 Å². The van der Waals surface area contributed by atoms with Gasteiger partial charge in [0.05, 0.1) is 0 Å². The van der Waals surface area contributed by atoms with E-state index < -0.39 is 11.2 Å². The molecule has 0 radical (unpaired) electrons. The van der Waals surface area contributed by atoms with Gasteiger partial charge in [-0.2, -0.15) is 0 Å². The summed E-state index contributed by atoms with van der Waals surface area (Å²) < 4.78 is 0. The van der Waals surface area contributed by atoms with E-state index >= 15 is 0 Å². The first-order valence-electron chi connectivity index (χ1n) is 4.19. The van der Waals surface area contributed by atoms with Gasteiger partial charge in [-0.25, -0.2) is 0 Å². The molecule has 0 atom stereocenters. The van der Waals surface area contributed by atoms with Gasteiger partial charge < -0.3 is 0 Å². The molecule has 5 heteroatoms. The van der Waals surface area contributed by atoms with E-state index in [9.17, 15) is 4.79 Å². The van der Waals surface area contributed by atoms with Crippen molar-refractivity contribution in [1.29, 1.82) is 0 Å². The van der Waals surface area contributed by atoms with Gasteiger partial charge in [-0.15, -0.1) is 0 Å². The predicted octanol–water partition coefficient (Wildman–Crippen LogP) is 3.02. The average Bonchev–Trinajstić information content (AvgIpc) is 2.72. The molecule has 0 aliphatic carbocycles. The van der Waals surface area contributed by atoms with Crippen LogP contribution in [0.1, 0.15) is 10.4 Å². The van der Waals surface area contributed by atoms with Crippen molar-refractivity contribution in [2.24, 2.45) is 0 Å². The zero-order valence-corrected chi connectivity index (χ0v) is 11.7. The Morgan fingerprint density at radius 3 is 2.50 bits per heavy atom. The summed E-state index contributed by atoms with van der Waals surface area (Å²) in [5, 5.41) is 0.257. The number of carbonyl (C=O) groups is 1.